The number of aromatic amines is 1. The second-order valence-corrected chi connectivity index (χ2v) is 4.61. The van der Waals surface area contributed by atoms with E-state index in [-0.39, 0.29) is 0 Å². The normalized spacial score (nSPS) is 10.9. The van der Waals surface area contributed by atoms with Crippen molar-refractivity contribution in [3.05, 3.63) is 59.1 Å². The van der Waals surface area contributed by atoms with Crippen LogP contribution in [-0.4, -0.2) is 4.98 Å². The molecule has 0 unspecified atom stereocenters. The van der Waals surface area contributed by atoms with Crippen LogP contribution in [0.15, 0.2) is 48.5 Å². The molecule has 0 atom stereocenters. The summed E-state index contributed by atoms with van der Waals surface area (Å²) in [6.45, 7) is 2.11. The number of aromatic nitrogens is 1. The minimum Gasteiger partial charge on any atom is -0.354 e. The van der Waals surface area contributed by atoms with Crippen LogP contribution < -0.4 is 0 Å². The summed E-state index contributed by atoms with van der Waals surface area (Å²) in [5.41, 5.74) is 4.68. The van der Waals surface area contributed by atoms with E-state index < -0.39 is 0 Å². The Labute approximate surface area is 105 Å². The predicted octanol–water partition coefficient (Wildman–Crippen LogP) is 4.80. The summed E-state index contributed by atoms with van der Waals surface area (Å²) in [5.74, 6) is 0. The van der Waals surface area contributed by atoms with Gasteiger partial charge in [-0.3, -0.25) is 0 Å². The topological polar surface area (TPSA) is 15.8 Å². The van der Waals surface area contributed by atoms with Crippen molar-refractivity contribution < 1.29 is 0 Å². The zero-order chi connectivity index (χ0) is 11.8. The molecule has 84 valence electrons. The SMILES string of the molecule is Cc1ccccc1-c1cc2c(Cl)cccc2[nH]1. The maximum absolute atomic E-state index is 6.18. The standard InChI is InChI=1S/C15H12ClN/c1-10-5-2-3-6-11(10)15-9-12-13(16)7-4-8-14(12)17-15/h2-9,17H,1H3. The largest absolute Gasteiger partial charge is 0.354 e. The van der Waals surface area contributed by atoms with Crippen molar-refractivity contribution in [1.82, 2.24) is 4.98 Å². The summed E-state index contributed by atoms with van der Waals surface area (Å²) in [5, 5.41) is 1.87. The van der Waals surface area contributed by atoms with Gasteiger partial charge in [-0.25, -0.2) is 0 Å². The Balaban J connectivity index is 2.26. The van der Waals surface area contributed by atoms with Gasteiger partial charge in [0.15, 0.2) is 0 Å². The molecule has 1 heterocycles. The number of hydrogen-bond acceptors (Lipinski definition) is 0. The van der Waals surface area contributed by atoms with Crippen molar-refractivity contribution in [2.45, 2.75) is 6.92 Å². The summed E-state index contributed by atoms with van der Waals surface area (Å²) < 4.78 is 0. The van der Waals surface area contributed by atoms with Crippen molar-refractivity contribution in [3.63, 3.8) is 0 Å². The summed E-state index contributed by atoms with van der Waals surface area (Å²) in [6, 6.07) is 16.4. The molecule has 2 aromatic carbocycles. The first-order valence-electron chi connectivity index (χ1n) is 5.59. The van der Waals surface area contributed by atoms with E-state index >= 15 is 0 Å². The minimum atomic E-state index is 0.790. The predicted molar refractivity (Wildman–Crippen MR) is 73.5 cm³/mol. The van der Waals surface area contributed by atoms with Gasteiger partial charge in [0, 0.05) is 27.2 Å². The first-order chi connectivity index (χ1) is 8.25. The molecule has 0 fully saturated rings. The fourth-order valence-corrected chi connectivity index (χ4v) is 2.37. The van der Waals surface area contributed by atoms with Gasteiger partial charge >= 0.3 is 0 Å². The highest BCUT2D eigenvalue weighted by Crippen LogP contribution is 2.30. The molecule has 0 aliphatic carbocycles. The molecule has 1 nitrogen and oxygen atoms in total. The fourth-order valence-electron chi connectivity index (χ4n) is 2.14. The van der Waals surface area contributed by atoms with Crippen molar-refractivity contribution >= 4 is 22.5 Å². The molecule has 0 saturated heterocycles. The third kappa shape index (κ3) is 1.73. The molecule has 0 bridgehead atoms. The first-order valence-corrected chi connectivity index (χ1v) is 5.97. The molecular weight excluding hydrogens is 230 g/mol. The van der Waals surface area contributed by atoms with E-state index in [0.717, 1.165) is 21.6 Å². The Kier molecular flexibility index (Phi) is 2.41. The Morgan fingerprint density at radius 3 is 2.59 bits per heavy atom. The molecule has 17 heavy (non-hydrogen) atoms. The molecule has 0 aliphatic heterocycles. The Bertz CT molecular complexity index is 682. The van der Waals surface area contributed by atoms with E-state index in [1.165, 1.54) is 11.1 Å². The lowest BCUT2D eigenvalue weighted by molar-refractivity contribution is 1.40. The molecule has 0 radical (unpaired) electrons. The maximum Gasteiger partial charge on any atom is 0.0500 e. The highest BCUT2D eigenvalue weighted by molar-refractivity contribution is 6.35. The van der Waals surface area contributed by atoms with Gasteiger partial charge in [-0.1, -0.05) is 41.9 Å². The molecule has 3 rings (SSSR count). The Morgan fingerprint density at radius 2 is 1.82 bits per heavy atom. The second-order valence-electron chi connectivity index (χ2n) is 4.20. The summed E-state index contributed by atoms with van der Waals surface area (Å²) in [7, 11) is 0. The van der Waals surface area contributed by atoms with E-state index in [4.69, 9.17) is 11.6 Å². The average molecular weight is 242 g/mol. The minimum absolute atomic E-state index is 0.790. The number of H-pyrrole nitrogens is 1. The van der Waals surface area contributed by atoms with Crippen LogP contribution in [0.3, 0.4) is 0 Å². The molecule has 1 N–H and O–H groups in total. The van der Waals surface area contributed by atoms with Gasteiger partial charge in [-0.15, -0.1) is 0 Å². The van der Waals surface area contributed by atoms with Crippen LogP contribution in [-0.2, 0) is 0 Å². The quantitative estimate of drug-likeness (QED) is 0.630. The van der Waals surface area contributed by atoms with E-state index in [1.807, 2.05) is 18.2 Å². The highest BCUT2D eigenvalue weighted by atomic mass is 35.5. The maximum atomic E-state index is 6.18. The number of rotatable bonds is 1. The monoisotopic (exact) mass is 241 g/mol. The lowest BCUT2D eigenvalue weighted by atomic mass is 10.1. The number of hydrogen-bond donors (Lipinski definition) is 1. The zero-order valence-corrected chi connectivity index (χ0v) is 10.3. The molecular formula is C15H12ClN. The van der Waals surface area contributed by atoms with Crippen LogP contribution in [0.1, 0.15) is 5.56 Å². The Morgan fingerprint density at radius 1 is 1.00 bits per heavy atom. The van der Waals surface area contributed by atoms with Crippen molar-refractivity contribution in [3.8, 4) is 11.3 Å². The second kappa shape index (κ2) is 3.94. The third-order valence-electron chi connectivity index (χ3n) is 3.05. The first kappa shape index (κ1) is 10.4. The smallest absolute Gasteiger partial charge is 0.0500 e. The number of benzene rings is 2. The molecule has 0 amide bonds. The van der Waals surface area contributed by atoms with Gasteiger partial charge in [0.25, 0.3) is 0 Å². The molecule has 0 spiro atoms. The van der Waals surface area contributed by atoms with Crippen LogP contribution in [0.25, 0.3) is 22.2 Å². The van der Waals surface area contributed by atoms with Gasteiger partial charge in [0.2, 0.25) is 0 Å². The van der Waals surface area contributed by atoms with Crippen LogP contribution in [0.2, 0.25) is 5.02 Å². The molecule has 3 aromatic rings. The lowest BCUT2D eigenvalue weighted by Gasteiger charge is -2.01. The summed E-state index contributed by atoms with van der Waals surface area (Å²) >= 11 is 6.18. The van der Waals surface area contributed by atoms with E-state index in [9.17, 15) is 0 Å². The van der Waals surface area contributed by atoms with Gasteiger partial charge < -0.3 is 4.98 Å². The van der Waals surface area contributed by atoms with Crippen LogP contribution in [0, 0.1) is 6.92 Å². The van der Waals surface area contributed by atoms with Gasteiger partial charge in [0.1, 0.15) is 0 Å². The number of fused-ring (bicyclic) bond motifs is 1. The lowest BCUT2D eigenvalue weighted by Crippen LogP contribution is -1.81. The van der Waals surface area contributed by atoms with Gasteiger partial charge in [-0.05, 0) is 30.7 Å². The summed E-state index contributed by atoms with van der Waals surface area (Å²) in [6.07, 6.45) is 0. The zero-order valence-electron chi connectivity index (χ0n) is 9.50. The molecule has 0 aliphatic rings. The third-order valence-corrected chi connectivity index (χ3v) is 3.38. The number of halogens is 1. The fraction of sp³-hybridized carbons (Fsp3) is 0.0667. The van der Waals surface area contributed by atoms with Crippen molar-refractivity contribution in [2.24, 2.45) is 0 Å². The average Bonchev–Trinajstić information content (AvgIpc) is 2.75. The summed E-state index contributed by atoms with van der Waals surface area (Å²) in [4.78, 5) is 3.41. The van der Waals surface area contributed by atoms with Gasteiger partial charge in [-0.2, -0.15) is 0 Å². The van der Waals surface area contributed by atoms with Gasteiger partial charge in [0.05, 0.1) is 0 Å². The highest BCUT2D eigenvalue weighted by Gasteiger charge is 2.07. The number of aryl methyl sites for hydroxylation is 1. The number of nitrogens with one attached hydrogen (secondary N) is 1. The molecule has 1 aromatic heterocycles. The van der Waals surface area contributed by atoms with Crippen molar-refractivity contribution in [2.75, 3.05) is 0 Å². The van der Waals surface area contributed by atoms with Crippen LogP contribution in [0.4, 0.5) is 0 Å². The van der Waals surface area contributed by atoms with Crippen LogP contribution in [0.5, 0.6) is 0 Å². The van der Waals surface area contributed by atoms with E-state index in [2.05, 4.69) is 42.2 Å². The van der Waals surface area contributed by atoms with E-state index in [1.54, 1.807) is 0 Å². The van der Waals surface area contributed by atoms with Crippen LogP contribution >= 0.6 is 11.6 Å². The van der Waals surface area contributed by atoms with Crippen molar-refractivity contribution in [1.29, 1.82) is 0 Å². The van der Waals surface area contributed by atoms with E-state index in [0.29, 0.717) is 0 Å². The molecule has 2 heteroatoms. The molecule has 0 saturated carbocycles. The Hall–Kier alpha value is -1.73.